The standard InChI is InChI=1S/C22H21N3O3S/c1-13-7-15-9-16(11-23)22(25-19(15)8-14(13)2)29-12-21(26)24-18-6-5-17(27-3)10-20(18)28-4/h5-10H,12H2,1-4H3,(H,24,26). The zero-order chi connectivity index (χ0) is 21.0. The van der Waals surface area contributed by atoms with E-state index >= 15 is 0 Å². The molecule has 0 aliphatic rings. The van der Waals surface area contributed by atoms with Gasteiger partial charge >= 0.3 is 0 Å². The summed E-state index contributed by atoms with van der Waals surface area (Å²) in [4.78, 5) is 17.0. The molecular weight excluding hydrogens is 386 g/mol. The highest BCUT2D eigenvalue weighted by atomic mass is 32.2. The van der Waals surface area contributed by atoms with Gasteiger partial charge < -0.3 is 14.8 Å². The first kappa shape index (κ1) is 20.5. The Morgan fingerprint density at radius 3 is 2.59 bits per heavy atom. The number of methoxy groups -OCH3 is 2. The summed E-state index contributed by atoms with van der Waals surface area (Å²) in [5.74, 6) is 1.05. The van der Waals surface area contributed by atoms with Crippen molar-refractivity contribution in [3.8, 4) is 17.6 Å². The van der Waals surface area contributed by atoms with Gasteiger partial charge in [0.1, 0.15) is 22.6 Å². The number of ether oxygens (including phenoxy) is 2. The molecule has 2 aromatic carbocycles. The molecule has 1 aromatic heterocycles. The Balaban J connectivity index is 1.77. The Bertz CT molecular complexity index is 1120. The van der Waals surface area contributed by atoms with Gasteiger partial charge in [-0.3, -0.25) is 4.79 Å². The van der Waals surface area contributed by atoms with Gasteiger partial charge in [-0.25, -0.2) is 4.98 Å². The van der Waals surface area contributed by atoms with Crippen molar-refractivity contribution in [1.82, 2.24) is 4.98 Å². The number of carbonyl (C=O) groups is 1. The SMILES string of the molecule is COc1ccc(NC(=O)CSc2nc3cc(C)c(C)cc3cc2C#N)c(OC)c1. The number of hydrogen-bond donors (Lipinski definition) is 1. The van der Waals surface area contributed by atoms with E-state index in [1.807, 2.05) is 32.0 Å². The van der Waals surface area contributed by atoms with E-state index in [4.69, 9.17) is 9.47 Å². The average Bonchev–Trinajstić information content (AvgIpc) is 2.72. The number of benzene rings is 2. The molecule has 0 aliphatic carbocycles. The second-order valence-corrected chi connectivity index (χ2v) is 7.45. The van der Waals surface area contributed by atoms with Crippen LogP contribution in [0, 0.1) is 25.2 Å². The van der Waals surface area contributed by atoms with E-state index < -0.39 is 0 Å². The van der Waals surface area contributed by atoms with E-state index in [1.165, 1.54) is 18.9 Å². The lowest BCUT2D eigenvalue weighted by atomic mass is 10.1. The maximum absolute atomic E-state index is 12.4. The summed E-state index contributed by atoms with van der Waals surface area (Å²) in [7, 11) is 3.09. The van der Waals surface area contributed by atoms with Crippen LogP contribution in [0.25, 0.3) is 10.9 Å². The summed E-state index contributed by atoms with van der Waals surface area (Å²) in [6.45, 7) is 4.05. The van der Waals surface area contributed by atoms with E-state index in [9.17, 15) is 10.1 Å². The highest BCUT2D eigenvalue weighted by Gasteiger charge is 2.13. The van der Waals surface area contributed by atoms with E-state index in [2.05, 4.69) is 16.4 Å². The van der Waals surface area contributed by atoms with Crippen LogP contribution >= 0.6 is 11.8 Å². The van der Waals surface area contributed by atoms with Crippen LogP contribution in [0.3, 0.4) is 0 Å². The van der Waals surface area contributed by atoms with E-state index in [-0.39, 0.29) is 11.7 Å². The molecule has 1 amide bonds. The number of thioether (sulfide) groups is 1. The van der Waals surface area contributed by atoms with E-state index in [1.54, 1.807) is 25.3 Å². The van der Waals surface area contributed by atoms with Crippen LogP contribution in [-0.2, 0) is 4.79 Å². The first-order chi connectivity index (χ1) is 13.9. The number of hydrogen-bond acceptors (Lipinski definition) is 6. The predicted octanol–water partition coefficient (Wildman–Crippen LogP) is 4.47. The number of nitrogens with one attached hydrogen (secondary N) is 1. The van der Waals surface area contributed by atoms with Gasteiger partial charge in [-0.05, 0) is 55.3 Å². The van der Waals surface area contributed by atoms with Crippen LogP contribution in [0.2, 0.25) is 0 Å². The topological polar surface area (TPSA) is 84.2 Å². The maximum atomic E-state index is 12.4. The zero-order valence-electron chi connectivity index (χ0n) is 16.7. The molecule has 29 heavy (non-hydrogen) atoms. The average molecular weight is 407 g/mol. The van der Waals surface area contributed by atoms with Crippen LogP contribution in [0.1, 0.15) is 16.7 Å². The molecule has 0 saturated carbocycles. The molecule has 1 heterocycles. The van der Waals surface area contributed by atoms with Crippen molar-refractivity contribution in [2.75, 3.05) is 25.3 Å². The summed E-state index contributed by atoms with van der Waals surface area (Å²) in [6.07, 6.45) is 0. The fourth-order valence-corrected chi connectivity index (χ4v) is 3.60. The van der Waals surface area contributed by atoms with Crippen LogP contribution < -0.4 is 14.8 Å². The number of anilines is 1. The first-order valence-electron chi connectivity index (χ1n) is 8.92. The van der Waals surface area contributed by atoms with Gasteiger partial charge in [0.25, 0.3) is 0 Å². The third-order valence-corrected chi connectivity index (χ3v) is 5.53. The third kappa shape index (κ3) is 4.61. The number of nitrogens with zero attached hydrogens (tertiary/aromatic N) is 2. The maximum Gasteiger partial charge on any atom is 0.234 e. The largest absolute Gasteiger partial charge is 0.497 e. The number of carbonyl (C=O) groups excluding carboxylic acids is 1. The molecule has 3 aromatic rings. The van der Waals surface area contributed by atoms with Gasteiger partial charge in [0, 0.05) is 11.5 Å². The summed E-state index contributed by atoms with van der Waals surface area (Å²) < 4.78 is 10.5. The van der Waals surface area contributed by atoms with Gasteiger partial charge in [0.2, 0.25) is 5.91 Å². The van der Waals surface area contributed by atoms with Crippen molar-refractivity contribution in [3.63, 3.8) is 0 Å². The second-order valence-electron chi connectivity index (χ2n) is 6.49. The number of aryl methyl sites for hydroxylation is 2. The van der Waals surface area contributed by atoms with Gasteiger partial charge in [0.15, 0.2) is 0 Å². The first-order valence-corrected chi connectivity index (χ1v) is 9.90. The zero-order valence-corrected chi connectivity index (χ0v) is 17.5. The second kappa shape index (κ2) is 8.84. The predicted molar refractivity (Wildman–Crippen MR) is 115 cm³/mol. The fraction of sp³-hybridized carbons (Fsp3) is 0.227. The van der Waals surface area contributed by atoms with Crippen LogP contribution in [0.5, 0.6) is 11.5 Å². The molecule has 0 spiro atoms. The summed E-state index contributed by atoms with van der Waals surface area (Å²) in [6, 6.07) is 13.2. The summed E-state index contributed by atoms with van der Waals surface area (Å²) >= 11 is 1.23. The third-order valence-electron chi connectivity index (χ3n) is 4.54. The molecule has 6 nitrogen and oxygen atoms in total. The number of amides is 1. The molecule has 1 N–H and O–H groups in total. The van der Waals surface area contributed by atoms with Crippen LogP contribution in [-0.4, -0.2) is 30.9 Å². The van der Waals surface area contributed by atoms with Gasteiger partial charge in [0.05, 0.1) is 36.7 Å². The molecule has 0 bridgehead atoms. The van der Waals surface area contributed by atoms with Crippen LogP contribution in [0.4, 0.5) is 5.69 Å². The number of nitriles is 1. The Labute approximate surface area is 173 Å². The molecule has 0 saturated heterocycles. The minimum Gasteiger partial charge on any atom is -0.497 e. The lowest BCUT2D eigenvalue weighted by molar-refractivity contribution is -0.113. The smallest absolute Gasteiger partial charge is 0.234 e. The van der Waals surface area contributed by atoms with Crippen molar-refractivity contribution in [1.29, 1.82) is 5.26 Å². The molecule has 0 aliphatic heterocycles. The highest BCUT2D eigenvalue weighted by molar-refractivity contribution is 8.00. The quantitative estimate of drug-likeness (QED) is 0.607. The lowest BCUT2D eigenvalue weighted by Crippen LogP contribution is -2.15. The van der Waals surface area contributed by atoms with E-state index in [0.29, 0.717) is 27.8 Å². The molecule has 0 fully saturated rings. The molecule has 7 heteroatoms. The monoisotopic (exact) mass is 407 g/mol. The molecular formula is C22H21N3O3S. The number of fused-ring (bicyclic) bond motifs is 1. The molecule has 0 radical (unpaired) electrons. The Morgan fingerprint density at radius 2 is 1.90 bits per heavy atom. The normalized spacial score (nSPS) is 10.4. The summed E-state index contributed by atoms with van der Waals surface area (Å²) in [5.41, 5.74) is 4.11. The van der Waals surface area contributed by atoms with Gasteiger partial charge in [-0.15, -0.1) is 0 Å². The lowest BCUT2D eigenvalue weighted by Gasteiger charge is -2.12. The Kier molecular flexibility index (Phi) is 6.25. The molecule has 3 rings (SSSR count). The summed E-state index contributed by atoms with van der Waals surface area (Å²) in [5, 5.41) is 13.8. The number of rotatable bonds is 6. The fourth-order valence-electron chi connectivity index (χ4n) is 2.83. The minimum absolute atomic E-state index is 0.118. The molecule has 0 atom stereocenters. The van der Waals surface area contributed by atoms with Crippen molar-refractivity contribution >= 4 is 34.3 Å². The minimum atomic E-state index is -0.218. The van der Waals surface area contributed by atoms with Crippen molar-refractivity contribution in [3.05, 3.63) is 53.1 Å². The number of aromatic nitrogens is 1. The van der Waals surface area contributed by atoms with Crippen LogP contribution in [0.15, 0.2) is 41.4 Å². The Hall–Kier alpha value is -3.24. The van der Waals surface area contributed by atoms with Gasteiger partial charge in [-0.2, -0.15) is 5.26 Å². The van der Waals surface area contributed by atoms with Crippen molar-refractivity contribution in [2.24, 2.45) is 0 Å². The van der Waals surface area contributed by atoms with Crippen molar-refractivity contribution in [2.45, 2.75) is 18.9 Å². The van der Waals surface area contributed by atoms with Crippen molar-refractivity contribution < 1.29 is 14.3 Å². The number of pyridine rings is 1. The Morgan fingerprint density at radius 1 is 1.14 bits per heavy atom. The van der Waals surface area contributed by atoms with E-state index in [0.717, 1.165) is 22.0 Å². The molecule has 0 unspecified atom stereocenters. The highest BCUT2D eigenvalue weighted by Crippen LogP contribution is 2.30. The molecule has 148 valence electrons. The van der Waals surface area contributed by atoms with Gasteiger partial charge in [-0.1, -0.05) is 11.8 Å².